The average Bonchev–Trinajstić information content (AvgIpc) is 2.86. The second-order valence-corrected chi connectivity index (χ2v) is 8.10. The zero-order valence-corrected chi connectivity index (χ0v) is 20.8. The Morgan fingerprint density at radius 2 is 0.943 bits per heavy atom. The quantitative estimate of drug-likeness (QED) is 0.287. The molecular weight excluding hydrogens is 448 g/mol. The molecule has 2 aromatic rings. The van der Waals surface area contributed by atoms with E-state index in [-0.39, 0.29) is 11.8 Å². The van der Waals surface area contributed by atoms with Crippen LogP contribution in [0.5, 0.6) is 11.5 Å². The molecule has 0 bridgehead atoms. The number of ether oxygens (including phenoxy) is 4. The lowest BCUT2D eigenvalue weighted by Crippen LogP contribution is -2.11. The summed E-state index contributed by atoms with van der Waals surface area (Å²) >= 11 is 0. The number of nitrogens with one attached hydrogen (secondary N) is 2. The summed E-state index contributed by atoms with van der Waals surface area (Å²) in [5, 5.41) is 5.81. The Labute approximate surface area is 208 Å². The molecule has 0 aromatic heterocycles. The smallest absolute Gasteiger partial charge is 0.224 e. The summed E-state index contributed by atoms with van der Waals surface area (Å²) in [6.45, 7) is 2.05. The maximum absolute atomic E-state index is 12.1. The van der Waals surface area contributed by atoms with Gasteiger partial charge in [0.05, 0.1) is 13.2 Å². The molecule has 192 valence electrons. The van der Waals surface area contributed by atoms with Crippen LogP contribution in [0.4, 0.5) is 11.4 Å². The van der Waals surface area contributed by atoms with Crippen LogP contribution >= 0.6 is 0 Å². The van der Waals surface area contributed by atoms with Gasteiger partial charge < -0.3 is 29.6 Å². The van der Waals surface area contributed by atoms with Crippen LogP contribution in [0.1, 0.15) is 44.9 Å². The van der Waals surface area contributed by atoms with Crippen molar-refractivity contribution in [2.75, 3.05) is 51.3 Å². The molecule has 0 saturated carbocycles. The van der Waals surface area contributed by atoms with Gasteiger partial charge in [-0.1, -0.05) is 19.3 Å². The van der Waals surface area contributed by atoms with Crippen molar-refractivity contribution in [3.63, 3.8) is 0 Å². The zero-order chi connectivity index (χ0) is 25.1. The number of carbonyl (C=O) groups is 2. The van der Waals surface area contributed by atoms with Gasteiger partial charge in [0.1, 0.15) is 24.7 Å². The Hall–Kier alpha value is -3.10. The third-order valence-electron chi connectivity index (χ3n) is 5.20. The fourth-order valence-corrected chi connectivity index (χ4v) is 3.30. The molecule has 2 rings (SSSR count). The van der Waals surface area contributed by atoms with E-state index in [0.29, 0.717) is 39.3 Å². The van der Waals surface area contributed by atoms with Gasteiger partial charge >= 0.3 is 0 Å². The second-order valence-electron chi connectivity index (χ2n) is 8.10. The predicted octanol–water partition coefficient (Wildman–Crippen LogP) is 5.04. The summed E-state index contributed by atoms with van der Waals surface area (Å²) in [7, 11) is 3.26. The highest BCUT2D eigenvalue weighted by Gasteiger charge is 2.05. The van der Waals surface area contributed by atoms with Crippen molar-refractivity contribution >= 4 is 23.2 Å². The summed E-state index contributed by atoms with van der Waals surface area (Å²) in [5.41, 5.74) is 1.52. The fourth-order valence-electron chi connectivity index (χ4n) is 3.30. The molecule has 2 N–H and O–H groups in total. The van der Waals surface area contributed by atoms with E-state index in [4.69, 9.17) is 18.9 Å². The number of hydrogen-bond acceptors (Lipinski definition) is 6. The minimum atomic E-state index is 0.00699. The van der Waals surface area contributed by atoms with Crippen LogP contribution in [-0.2, 0) is 19.1 Å². The van der Waals surface area contributed by atoms with Crippen molar-refractivity contribution in [2.24, 2.45) is 0 Å². The molecule has 8 nitrogen and oxygen atoms in total. The first kappa shape index (κ1) is 28.1. The van der Waals surface area contributed by atoms with Gasteiger partial charge in [0.25, 0.3) is 0 Å². The molecule has 0 spiro atoms. The van der Waals surface area contributed by atoms with E-state index < -0.39 is 0 Å². The first-order valence-electron chi connectivity index (χ1n) is 12.1. The number of unbranched alkanes of at least 4 members (excludes halogenated alkanes) is 4. The SMILES string of the molecule is COCCOc1ccc(NC(=O)CCCCCCCC(=O)Nc2ccc(OCCOC)cc2)cc1. The molecule has 0 unspecified atom stereocenters. The maximum atomic E-state index is 12.1. The normalized spacial score (nSPS) is 10.6. The maximum Gasteiger partial charge on any atom is 0.224 e. The third kappa shape index (κ3) is 12.8. The molecule has 0 aliphatic heterocycles. The van der Waals surface area contributed by atoms with E-state index in [2.05, 4.69) is 10.6 Å². The van der Waals surface area contributed by atoms with E-state index in [1.165, 1.54) is 0 Å². The Morgan fingerprint density at radius 3 is 1.31 bits per heavy atom. The summed E-state index contributed by atoms with van der Waals surface area (Å²) in [4.78, 5) is 24.2. The van der Waals surface area contributed by atoms with Crippen molar-refractivity contribution in [1.82, 2.24) is 0 Å². The van der Waals surface area contributed by atoms with Crippen LogP contribution in [0, 0.1) is 0 Å². The molecule has 0 aliphatic carbocycles. The summed E-state index contributed by atoms with van der Waals surface area (Å²) < 4.78 is 20.9. The van der Waals surface area contributed by atoms with Crippen LogP contribution in [-0.4, -0.2) is 52.5 Å². The fraction of sp³-hybridized carbons (Fsp3) is 0.481. The van der Waals surface area contributed by atoms with Crippen molar-refractivity contribution in [3.05, 3.63) is 48.5 Å². The monoisotopic (exact) mass is 486 g/mol. The number of amides is 2. The van der Waals surface area contributed by atoms with E-state index in [0.717, 1.165) is 55.0 Å². The van der Waals surface area contributed by atoms with Crippen LogP contribution < -0.4 is 20.1 Å². The Kier molecular flexibility index (Phi) is 14.0. The van der Waals surface area contributed by atoms with Crippen molar-refractivity contribution < 1.29 is 28.5 Å². The Bertz CT molecular complexity index is 783. The van der Waals surface area contributed by atoms with Crippen LogP contribution in [0.25, 0.3) is 0 Å². The van der Waals surface area contributed by atoms with Crippen LogP contribution in [0.3, 0.4) is 0 Å². The first-order valence-corrected chi connectivity index (χ1v) is 12.1. The molecule has 0 heterocycles. The first-order chi connectivity index (χ1) is 17.1. The van der Waals surface area contributed by atoms with E-state index in [1.807, 2.05) is 48.5 Å². The molecule has 0 aliphatic rings. The molecule has 2 amide bonds. The molecular formula is C27H38N2O6. The van der Waals surface area contributed by atoms with E-state index in [9.17, 15) is 9.59 Å². The lowest BCUT2D eigenvalue weighted by molar-refractivity contribution is -0.117. The van der Waals surface area contributed by atoms with E-state index >= 15 is 0 Å². The molecule has 0 radical (unpaired) electrons. The molecule has 35 heavy (non-hydrogen) atoms. The van der Waals surface area contributed by atoms with Gasteiger partial charge in [-0.15, -0.1) is 0 Å². The Morgan fingerprint density at radius 1 is 0.571 bits per heavy atom. The standard InChI is InChI=1S/C27H38N2O6/c1-32-18-20-34-24-14-10-22(11-15-24)28-26(30)8-6-4-3-5-7-9-27(31)29-23-12-16-25(17-13-23)35-21-19-33-2/h10-17H,3-9,18-21H2,1-2H3,(H,28,30)(H,29,31). The highest BCUT2D eigenvalue weighted by molar-refractivity contribution is 5.91. The average molecular weight is 487 g/mol. The minimum Gasteiger partial charge on any atom is -0.491 e. The van der Waals surface area contributed by atoms with Crippen LogP contribution in [0.15, 0.2) is 48.5 Å². The van der Waals surface area contributed by atoms with Crippen molar-refractivity contribution in [2.45, 2.75) is 44.9 Å². The third-order valence-corrected chi connectivity index (χ3v) is 5.20. The van der Waals surface area contributed by atoms with Gasteiger partial charge in [0, 0.05) is 38.4 Å². The van der Waals surface area contributed by atoms with Gasteiger partial charge in [0.15, 0.2) is 0 Å². The van der Waals surface area contributed by atoms with Gasteiger partial charge in [0.2, 0.25) is 11.8 Å². The number of methoxy groups -OCH3 is 2. The summed E-state index contributed by atoms with van der Waals surface area (Å²) in [6.07, 6.45) is 5.55. The summed E-state index contributed by atoms with van der Waals surface area (Å²) in [5.74, 6) is 1.50. The van der Waals surface area contributed by atoms with Gasteiger partial charge in [-0.25, -0.2) is 0 Å². The second kappa shape index (κ2) is 17.4. The number of anilines is 2. The number of rotatable bonds is 18. The summed E-state index contributed by atoms with van der Waals surface area (Å²) in [6, 6.07) is 14.6. The van der Waals surface area contributed by atoms with Gasteiger partial charge in [-0.05, 0) is 61.4 Å². The molecule has 0 saturated heterocycles. The van der Waals surface area contributed by atoms with Crippen LogP contribution in [0.2, 0.25) is 0 Å². The predicted molar refractivity (Wildman–Crippen MR) is 137 cm³/mol. The van der Waals surface area contributed by atoms with Crippen molar-refractivity contribution in [3.8, 4) is 11.5 Å². The molecule has 0 fully saturated rings. The molecule has 2 aromatic carbocycles. The minimum absolute atomic E-state index is 0.00699. The number of hydrogen-bond donors (Lipinski definition) is 2. The topological polar surface area (TPSA) is 95.1 Å². The number of benzene rings is 2. The van der Waals surface area contributed by atoms with E-state index in [1.54, 1.807) is 14.2 Å². The van der Waals surface area contributed by atoms with Gasteiger partial charge in [-0.2, -0.15) is 0 Å². The highest BCUT2D eigenvalue weighted by atomic mass is 16.5. The zero-order valence-electron chi connectivity index (χ0n) is 20.8. The molecule has 0 atom stereocenters. The largest absolute Gasteiger partial charge is 0.491 e. The van der Waals surface area contributed by atoms with Crippen molar-refractivity contribution in [1.29, 1.82) is 0 Å². The Balaban J connectivity index is 1.49. The molecule has 8 heteroatoms. The lowest BCUT2D eigenvalue weighted by Gasteiger charge is -2.08. The highest BCUT2D eigenvalue weighted by Crippen LogP contribution is 2.18. The van der Waals surface area contributed by atoms with Gasteiger partial charge in [-0.3, -0.25) is 9.59 Å². The lowest BCUT2D eigenvalue weighted by atomic mass is 10.1. The number of carbonyl (C=O) groups excluding carboxylic acids is 2.